The van der Waals surface area contributed by atoms with E-state index in [1.807, 2.05) is 12.4 Å². The van der Waals surface area contributed by atoms with E-state index in [4.69, 9.17) is 10.2 Å². The fourth-order valence-corrected chi connectivity index (χ4v) is 0.609. The Balaban J connectivity index is 0.000000354. The lowest BCUT2D eigenvalue weighted by Gasteiger charge is -1.99. The normalized spacial score (nSPS) is 8.25. The Morgan fingerprint density at radius 3 is 2.08 bits per heavy atom. The van der Waals surface area contributed by atoms with Crippen molar-refractivity contribution in [1.29, 1.82) is 5.41 Å². The van der Waals surface area contributed by atoms with Gasteiger partial charge in [0, 0.05) is 12.4 Å². The average molecular weight is 165 g/mol. The highest BCUT2D eigenvalue weighted by Gasteiger charge is 1.95. The maximum atomic E-state index is 8.35. The van der Waals surface area contributed by atoms with Crippen molar-refractivity contribution in [3.63, 3.8) is 0 Å². The number of aromatic nitrogens is 2. The molecule has 1 rings (SSSR count). The molecule has 12 heavy (non-hydrogen) atoms. The first-order valence-electron chi connectivity index (χ1n) is 3.51. The van der Waals surface area contributed by atoms with Crippen LogP contribution in [-0.4, -0.2) is 16.0 Å². The van der Waals surface area contributed by atoms with E-state index in [1.54, 1.807) is 6.33 Å². The number of nitrogens with one attached hydrogen (secondary N) is 1. The zero-order valence-corrected chi connectivity index (χ0v) is 7.11. The maximum absolute atomic E-state index is 8.35. The summed E-state index contributed by atoms with van der Waals surface area (Å²) in [6.07, 6.45) is 5.99. The largest absolute Gasteiger partial charge is 0.245 e. The third-order valence-corrected chi connectivity index (χ3v) is 1.25. The van der Waals surface area contributed by atoms with Crippen molar-refractivity contribution in [2.75, 3.05) is 0 Å². The Morgan fingerprint density at radius 2 is 1.83 bits per heavy atom. The molecule has 64 valence electrons. The van der Waals surface area contributed by atoms with E-state index in [0.717, 1.165) is 6.08 Å². The summed E-state index contributed by atoms with van der Waals surface area (Å²) < 4.78 is 0. The van der Waals surface area contributed by atoms with Crippen molar-refractivity contribution < 1.29 is 4.79 Å². The van der Waals surface area contributed by atoms with Crippen LogP contribution in [0.15, 0.2) is 18.7 Å². The first-order chi connectivity index (χ1) is 5.72. The number of hydrogen-bond donors (Lipinski definition) is 1. The molecule has 0 unspecified atom stereocenters. The fourth-order valence-electron chi connectivity index (χ4n) is 0.609. The van der Waals surface area contributed by atoms with Crippen molar-refractivity contribution in [2.45, 2.75) is 19.8 Å². The molecule has 0 aromatic carbocycles. The Morgan fingerprint density at radius 1 is 1.42 bits per heavy atom. The average Bonchev–Trinajstić information content (AvgIpc) is 2.07. The van der Waals surface area contributed by atoms with Gasteiger partial charge in [0.25, 0.3) is 0 Å². The summed E-state index contributed by atoms with van der Waals surface area (Å²) in [5.74, 6) is 0.534. The monoisotopic (exact) mass is 165 g/mol. The second kappa shape index (κ2) is 6.19. The van der Waals surface area contributed by atoms with Gasteiger partial charge in [-0.15, -0.1) is 0 Å². The molecule has 0 aliphatic carbocycles. The quantitative estimate of drug-likeness (QED) is 0.506. The summed E-state index contributed by atoms with van der Waals surface area (Å²) in [5, 5.41) is 5.40. The molecule has 0 aliphatic rings. The predicted molar refractivity (Wildman–Crippen MR) is 44.5 cm³/mol. The molecule has 4 nitrogen and oxygen atoms in total. The molecular formula is C8H11N3O. The van der Waals surface area contributed by atoms with Crippen LogP contribution in [0.5, 0.6) is 0 Å². The minimum atomic E-state index is 0.534. The molecule has 0 amide bonds. The van der Waals surface area contributed by atoms with Gasteiger partial charge in [-0.1, -0.05) is 13.8 Å². The molecule has 1 N–H and O–H groups in total. The predicted octanol–water partition coefficient (Wildman–Crippen LogP) is 1.50. The molecule has 0 bridgehead atoms. The van der Waals surface area contributed by atoms with E-state index in [-0.39, 0.29) is 0 Å². The lowest BCUT2D eigenvalue weighted by Crippen LogP contribution is -1.88. The molecule has 0 radical (unpaired) electrons. The summed E-state index contributed by atoms with van der Waals surface area (Å²) in [6.45, 7) is 4.25. The van der Waals surface area contributed by atoms with Crippen LogP contribution in [0.2, 0.25) is 0 Å². The zero-order valence-electron chi connectivity index (χ0n) is 7.11. The fraction of sp³-hybridized carbons (Fsp3) is 0.375. The van der Waals surface area contributed by atoms with E-state index in [1.165, 1.54) is 5.56 Å². The molecule has 1 aromatic rings. The van der Waals surface area contributed by atoms with Gasteiger partial charge in [-0.2, -0.15) is 0 Å². The van der Waals surface area contributed by atoms with Crippen LogP contribution in [-0.2, 0) is 4.79 Å². The van der Waals surface area contributed by atoms with Crippen LogP contribution in [0.1, 0.15) is 25.3 Å². The standard InChI is InChI=1S/C7H10N2.CHNO/c1-6(2)7-3-8-5-9-4-7;2-1-3/h3-6H,1-2H3;2H. The van der Waals surface area contributed by atoms with Crippen LogP contribution >= 0.6 is 0 Å². The second-order valence-electron chi connectivity index (χ2n) is 2.43. The van der Waals surface area contributed by atoms with Crippen LogP contribution in [0.3, 0.4) is 0 Å². The third-order valence-electron chi connectivity index (χ3n) is 1.25. The van der Waals surface area contributed by atoms with Gasteiger partial charge in [-0.25, -0.2) is 20.2 Å². The molecule has 0 atom stereocenters. The van der Waals surface area contributed by atoms with Crippen molar-refractivity contribution in [3.8, 4) is 0 Å². The summed E-state index contributed by atoms with van der Waals surface area (Å²) in [4.78, 5) is 16.1. The number of hydrogen-bond acceptors (Lipinski definition) is 4. The summed E-state index contributed by atoms with van der Waals surface area (Å²) >= 11 is 0. The van der Waals surface area contributed by atoms with E-state index < -0.39 is 0 Å². The van der Waals surface area contributed by atoms with Gasteiger partial charge in [0.1, 0.15) is 6.33 Å². The smallest absolute Gasteiger partial charge is 0.231 e. The molecular weight excluding hydrogens is 154 g/mol. The number of rotatable bonds is 1. The molecule has 0 spiro atoms. The Kier molecular flexibility index (Phi) is 5.39. The van der Waals surface area contributed by atoms with Gasteiger partial charge in [-0.3, -0.25) is 0 Å². The number of carbonyl (C=O) groups excluding carboxylic acids is 1. The molecule has 4 heteroatoms. The molecule has 1 aromatic heterocycles. The van der Waals surface area contributed by atoms with E-state index in [9.17, 15) is 0 Å². The van der Waals surface area contributed by atoms with Gasteiger partial charge in [0.15, 0.2) is 0 Å². The molecule has 0 fully saturated rings. The molecule has 0 saturated heterocycles. The Hall–Kier alpha value is -1.54. The minimum absolute atomic E-state index is 0.534. The zero-order chi connectivity index (χ0) is 9.40. The number of isocyanates is 1. The minimum Gasteiger partial charge on any atom is -0.245 e. The van der Waals surface area contributed by atoms with Gasteiger partial charge >= 0.3 is 0 Å². The van der Waals surface area contributed by atoms with Crippen molar-refractivity contribution in [1.82, 2.24) is 9.97 Å². The van der Waals surface area contributed by atoms with Crippen LogP contribution in [0, 0.1) is 5.41 Å². The van der Waals surface area contributed by atoms with Gasteiger partial charge in [-0.05, 0) is 11.5 Å². The highest BCUT2D eigenvalue weighted by atomic mass is 16.1. The Bertz CT molecular complexity index is 240. The molecule has 0 aliphatic heterocycles. The summed E-state index contributed by atoms with van der Waals surface area (Å²) in [5.41, 5.74) is 1.19. The first kappa shape index (κ1) is 10.5. The Labute approximate surface area is 71.2 Å². The second-order valence-corrected chi connectivity index (χ2v) is 2.43. The topological polar surface area (TPSA) is 66.7 Å². The molecule has 1 heterocycles. The number of nitrogens with zero attached hydrogens (tertiary/aromatic N) is 2. The van der Waals surface area contributed by atoms with Gasteiger partial charge < -0.3 is 0 Å². The van der Waals surface area contributed by atoms with Gasteiger partial charge in [0.05, 0.1) is 0 Å². The highest BCUT2D eigenvalue weighted by Crippen LogP contribution is 2.09. The lowest BCUT2D eigenvalue weighted by molar-refractivity contribution is 0.563. The van der Waals surface area contributed by atoms with Crippen molar-refractivity contribution >= 4 is 6.08 Å². The third kappa shape index (κ3) is 4.30. The summed E-state index contributed by atoms with van der Waals surface area (Å²) in [7, 11) is 0. The van der Waals surface area contributed by atoms with Crippen LogP contribution < -0.4 is 0 Å². The van der Waals surface area contributed by atoms with Gasteiger partial charge in [0.2, 0.25) is 6.08 Å². The van der Waals surface area contributed by atoms with Crippen LogP contribution in [0.4, 0.5) is 0 Å². The van der Waals surface area contributed by atoms with Crippen LogP contribution in [0.25, 0.3) is 0 Å². The van der Waals surface area contributed by atoms with E-state index in [0.29, 0.717) is 5.92 Å². The molecule has 0 saturated carbocycles. The lowest BCUT2D eigenvalue weighted by atomic mass is 10.1. The van der Waals surface area contributed by atoms with E-state index >= 15 is 0 Å². The first-order valence-corrected chi connectivity index (χ1v) is 3.51. The van der Waals surface area contributed by atoms with E-state index in [2.05, 4.69) is 23.8 Å². The SMILES string of the molecule is CC(C)c1cncnc1.N=C=O. The summed E-state index contributed by atoms with van der Waals surface area (Å²) in [6, 6.07) is 0. The maximum Gasteiger partial charge on any atom is 0.231 e. The highest BCUT2D eigenvalue weighted by molar-refractivity contribution is 5.26. The van der Waals surface area contributed by atoms with Crippen molar-refractivity contribution in [3.05, 3.63) is 24.3 Å². The van der Waals surface area contributed by atoms with Crippen molar-refractivity contribution in [2.24, 2.45) is 0 Å².